The first kappa shape index (κ1) is 9.00. The van der Waals surface area contributed by atoms with Gasteiger partial charge in [0.05, 0.1) is 25.2 Å². The van der Waals surface area contributed by atoms with Gasteiger partial charge in [-0.15, -0.1) is 0 Å². The third-order valence-corrected chi connectivity index (χ3v) is 3.30. The molecule has 0 aromatic carbocycles. The summed E-state index contributed by atoms with van der Waals surface area (Å²) in [5, 5.41) is 0. The molecule has 0 amide bonds. The van der Waals surface area contributed by atoms with E-state index in [0.717, 1.165) is 19.3 Å². The van der Waals surface area contributed by atoms with Crippen LogP contribution in [0, 0.1) is 11.8 Å². The van der Waals surface area contributed by atoms with E-state index in [1.165, 1.54) is 7.11 Å². The molecule has 1 heterocycles. The van der Waals surface area contributed by atoms with Crippen molar-refractivity contribution in [3.8, 4) is 0 Å². The molecule has 0 spiro atoms. The van der Waals surface area contributed by atoms with Gasteiger partial charge in [0.2, 0.25) is 0 Å². The second kappa shape index (κ2) is 3.29. The lowest BCUT2D eigenvalue weighted by Gasteiger charge is -2.25. The molecule has 4 atom stereocenters. The molecule has 1 saturated carbocycles. The molecule has 4 unspecified atom stereocenters. The van der Waals surface area contributed by atoms with Crippen LogP contribution in [0.2, 0.25) is 0 Å². The lowest BCUT2D eigenvalue weighted by atomic mass is 9.78. The fourth-order valence-corrected chi connectivity index (χ4v) is 2.51. The Morgan fingerprint density at radius 1 is 1.54 bits per heavy atom. The summed E-state index contributed by atoms with van der Waals surface area (Å²) in [5.41, 5.74) is 0. The van der Waals surface area contributed by atoms with E-state index in [9.17, 15) is 4.79 Å². The number of ether oxygens (including phenoxy) is 2. The van der Waals surface area contributed by atoms with Gasteiger partial charge in [-0.1, -0.05) is 6.92 Å². The van der Waals surface area contributed by atoms with Crippen LogP contribution in [0.15, 0.2) is 0 Å². The van der Waals surface area contributed by atoms with Crippen LogP contribution in [0.3, 0.4) is 0 Å². The van der Waals surface area contributed by atoms with E-state index < -0.39 is 0 Å². The van der Waals surface area contributed by atoms with Crippen LogP contribution in [-0.4, -0.2) is 25.3 Å². The maximum atomic E-state index is 11.4. The quantitative estimate of drug-likeness (QED) is 0.480. The Hall–Kier alpha value is -0.570. The zero-order valence-corrected chi connectivity index (χ0v) is 8.16. The van der Waals surface area contributed by atoms with Crippen molar-refractivity contribution in [2.75, 3.05) is 7.11 Å². The van der Waals surface area contributed by atoms with E-state index in [4.69, 9.17) is 9.47 Å². The monoisotopic (exact) mass is 184 g/mol. The topological polar surface area (TPSA) is 38.8 Å². The molecule has 0 aromatic heterocycles. The summed E-state index contributed by atoms with van der Waals surface area (Å²) in [6.45, 7) is 2.12. The van der Waals surface area contributed by atoms with Crippen molar-refractivity contribution in [1.82, 2.24) is 0 Å². The van der Waals surface area contributed by atoms with Gasteiger partial charge < -0.3 is 9.47 Å². The first-order valence-corrected chi connectivity index (χ1v) is 5.01. The van der Waals surface area contributed by atoms with Gasteiger partial charge in [-0.25, -0.2) is 0 Å². The first-order valence-electron chi connectivity index (χ1n) is 5.01. The number of hydrogen-bond donors (Lipinski definition) is 0. The molecule has 0 aromatic rings. The molecular weight excluding hydrogens is 168 g/mol. The van der Waals surface area contributed by atoms with Gasteiger partial charge in [0, 0.05) is 5.92 Å². The fourth-order valence-electron chi connectivity index (χ4n) is 2.51. The van der Waals surface area contributed by atoms with Crippen molar-refractivity contribution in [3.05, 3.63) is 0 Å². The maximum absolute atomic E-state index is 11.4. The second-order valence-electron chi connectivity index (χ2n) is 3.92. The van der Waals surface area contributed by atoms with Gasteiger partial charge in [-0.3, -0.25) is 4.79 Å². The minimum Gasteiger partial charge on any atom is -0.469 e. The zero-order chi connectivity index (χ0) is 9.42. The Labute approximate surface area is 78.4 Å². The third-order valence-electron chi connectivity index (χ3n) is 3.30. The molecule has 74 valence electrons. The summed E-state index contributed by atoms with van der Waals surface area (Å²) in [6, 6.07) is 0. The highest BCUT2D eigenvalue weighted by Crippen LogP contribution is 2.45. The van der Waals surface area contributed by atoms with Crippen LogP contribution in [-0.2, 0) is 14.3 Å². The number of methoxy groups -OCH3 is 1. The highest BCUT2D eigenvalue weighted by Gasteiger charge is 2.52. The summed E-state index contributed by atoms with van der Waals surface area (Å²) in [7, 11) is 1.47. The summed E-state index contributed by atoms with van der Waals surface area (Å²) in [4.78, 5) is 11.4. The molecule has 3 nitrogen and oxygen atoms in total. The van der Waals surface area contributed by atoms with Gasteiger partial charge >= 0.3 is 5.97 Å². The Morgan fingerprint density at radius 3 is 2.92 bits per heavy atom. The molecular formula is C10H16O3. The standard InChI is InChI=1S/C10H16O3/c1-3-6-7(10(11)12-2)4-5-8-9(6)13-8/h6-9H,3-5H2,1-2H3. The van der Waals surface area contributed by atoms with Crippen molar-refractivity contribution in [1.29, 1.82) is 0 Å². The fraction of sp³-hybridized carbons (Fsp3) is 0.900. The lowest BCUT2D eigenvalue weighted by molar-refractivity contribution is -0.148. The minimum absolute atomic E-state index is 0.0548. The maximum Gasteiger partial charge on any atom is 0.309 e. The second-order valence-corrected chi connectivity index (χ2v) is 3.92. The van der Waals surface area contributed by atoms with Crippen LogP contribution < -0.4 is 0 Å². The number of carbonyl (C=O) groups excluding carboxylic acids is 1. The van der Waals surface area contributed by atoms with Gasteiger partial charge in [0.15, 0.2) is 0 Å². The summed E-state index contributed by atoms with van der Waals surface area (Å²) < 4.78 is 10.3. The van der Waals surface area contributed by atoms with Crippen molar-refractivity contribution < 1.29 is 14.3 Å². The summed E-state index contributed by atoms with van der Waals surface area (Å²) in [5.74, 6) is 0.422. The van der Waals surface area contributed by atoms with Crippen molar-refractivity contribution >= 4 is 5.97 Å². The number of esters is 1. The molecule has 0 radical (unpaired) electrons. The Balaban J connectivity index is 2.04. The minimum atomic E-state index is -0.0548. The smallest absolute Gasteiger partial charge is 0.309 e. The van der Waals surface area contributed by atoms with Crippen molar-refractivity contribution in [3.63, 3.8) is 0 Å². The molecule has 2 aliphatic rings. The van der Waals surface area contributed by atoms with Crippen LogP contribution in [0.4, 0.5) is 0 Å². The number of hydrogen-bond acceptors (Lipinski definition) is 3. The van der Waals surface area contributed by atoms with Crippen molar-refractivity contribution in [2.24, 2.45) is 11.8 Å². The predicted molar refractivity (Wildman–Crippen MR) is 47.2 cm³/mol. The molecule has 3 heteroatoms. The van der Waals surface area contributed by atoms with Gasteiger partial charge in [0.1, 0.15) is 0 Å². The molecule has 0 bridgehead atoms. The van der Waals surface area contributed by atoms with E-state index >= 15 is 0 Å². The molecule has 13 heavy (non-hydrogen) atoms. The van der Waals surface area contributed by atoms with Crippen LogP contribution in [0.5, 0.6) is 0 Å². The molecule has 1 aliphatic carbocycles. The van der Waals surface area contributed by atoms with E-state index in [1.807, 2.05) is 0 Å². The number of fused-ring (bicyclic) bond motifs is 1. The Bertz CT molecular complexity index is 214. The van der Waals surface area contributed by atoms with E-state index in [0.29, 0.717) is 18.1 Å². The van der Waals surface area contributed by atoms with Gasteiger partial charge in [0.25, 0.3) is 0 Å². The highest BCUT2D eigenvalue weighted by atomic mass is 16.6. The number of epoxide rings is 1. The molecule has 2 rings (SSSR count). The zero-order valence-electron chi connectivity index (χ0n) is 8.16. The van der Waals surface area contributed by atoms with E-state index in [-0.39, 0.29) is 11.9 Å². The van der Waals surface area contributed by atoms with Crippen LogP contribution >= 0.6 is 0 Å². The normalized spacial score (nSPS) is 42.3. The summed E-state index contributed by atoms with van der Waals surface area (Å²) >= 11 is 0. The number of carbonyl (C=O) groups is 1. The largest absolute Gasteiger partial charge is 0.469 e. The Morgan fingerprint density at radius 2 is 2.31 bits per heavy atom. The summed E-state index contributed by atoms with van der Waals surface area (Å²) in [6.07, 6.45) is 3.78. The lowest BCUT2D eigenvalue weighted by Crippen LogP contribution is -2.32. The average molecular weight is 184 g/mol. The van der Waals surface area contributed by atoms with Gasteiger partial charge in [-0.2, -0.15) is 0 Å². The Kier molecular flexibility index (Phi) is 2.28. The average Bonchev–Trinajstić information content (AvgIpc) is 2.93. The van der Waals surface area contributed by atoms with Crippen LogP contribution in [0.25, 0.3) is 0 Å². The number of rotatable bonds is 2. The third kappa shape index (κ3) is 1.46. The van der Waals surface area contributed by atoms with E-state index in [2.05, 4.69) is 6.92 Å². The predicted octanol–water partition coefficient (Wildman–Crippen LogP) is 1.36. The molecule has 2 fully saturated rings. The van der Waals surface area contributed by atoms with Gasteiger partial charge in [-0.05, 0) is 19.3 Å². The highest BCUT2D eigenvalue weighted by molar-refractivity contribution is 5.73. The molecule has 1 saturated heterocycles. The molecule has 0 N–H and O–H groups in total. The van der Waals surface area contributed by atoms with E-state index in [1.54, 1.807) is 0 Å². The SMILES string of the molecule is CCC1C(C(=O)OC)CCC2OC21. The molecule has 1 aliphatic heterocycles. The van der Waals surface area contributed by atoms with Crippen LogP contribution in [0.1, 0.15) is 26.2 Å². The van der Waals surface area contributed by atoms with Crippen molar-refractivity contribution in [2.45, 2.75) is 38.4 Å². The first-order chi connectivity index (χ1) is 6.27.